The van der Waals surface area contributed by atoms with Crippen LogP contribution in [0.1, 0.15) is 61.0 Å². The lowest BCUT2D eigenvalue weighted by Gasteiger charge is -2.30. The van der Waals surface area contributed by atoms with Crippen molar-refractivity contribution in [2.24, 2.45) is 0 Å². The van der Waals surface area contributed by atoms with E-state index < -0.39 is 11.5 Å². The third kappa shape index (κ3) is 3.46. The SMILES string of the molecule is CN(C(=O)c1[nH]nc2c1CN(C(=O)c1cc3ccccc3[nH]1)CC2)C1(c2ccc(C(=O)O)cc2)CC1. The molecule has 1 aliphatic heterocycles. The number of carboxylic acids is 1. The predicted molar refractivity (Wildman–Crippen MR) is 132 cm³/mol. The smallest absolute Gasteiger partial charge is 0.335 e. The van der Waals surface area contributed by atoms with Crippen molar-refractivity contribution in [2.75, 3.05) is 13.6 Å². The first-order valence-corrected chi connectivity index (χ1v) is 11.9. The first kappa shape index (κ1) is 22.1. The molecule has 36 heavy (non-hydrogen) atoms. The fraction of sp³-hybridized carbons (Fsp3) is 0.259. The van der Waals surface area contributed by atoms with Gasteiger partial charge in [-0.15, -0.1) is 0 Å². The first-order chi connectivity index (χ1) is 17.4. The molecule has 0 atom stereocenters. The van der Waals surface area contributed by atoms with Crippen LogP contribution in [0.5, 0.6) is 0 Å². The summed E-state index contributed by atoms with van der Waals surface area (Å²) in [7, 11) is 1.77. The van der Waals surface area contributed by atoms with Crippen molar-refractivity contribution in [3.63, 3.8) is 0 Å². The highest BCUT2D eigenvalue weighted by Gasteiger charge is 2.50. The number of aromatic nitrogens is 3. The van der Waals surface area contributed by atoms with Crippen LogP contribution in [-0.4, -0.2) is 61.5 Å². The van der Waals surface area contributed by atoms with Gasteiger partial charge in [0.25, 0.3) is 11.8 Å². The summed E-state index contributed by atoms with van der Waals surface area (Å²) in [4.78, 5) is 44.8. The van der Waals surface area contributed by atoms with E-state index in [0.717, 1.165) is 40.6 Å². The maximum atomic E-state index is 13.6. The molecule has 1 aliphatic carbocycles. The van der Waals surface area contributed by atoms with Crippen molar-refractivity contribution in [1.82, 2.24) is 25.0 Å². The Labute approximate surface area is 206 Å². The van der Waals surface area contributed by atoms with E-state index >= 15 is 0 Å². The number of para-hydroxylation sites is 1. The zero-order valence-corrected chi connectivity index (χ0v) is 19.7. The normalized spacial score (nSPS) is 16.0. The number of carbonyl (C=O) groups excluding carboxylic acids is 2. The molecule has 1 fully saturated rings. The van der Waals surface area contributed by atoms with Crippen molar-refractivity contribution in [3.05, 3.63) is 88.4 Å². The summed E-state index contributed by atoms with van der Waals surface area (Å²) in [5.41, 5.74) is 4.04. The van der Waals surface area contributed by atoms with E-state index in [1.807, 2.05) is 30.3 Å². The highest BCUT2D eigenvalue weighted by atomic mass is 16.4. The summed E-state index contributed by atoms with van der Waals surface area (Å²) in [6.07, 6.45) is 2.16. The molecular weight excluding hydrogens is 458 g/mol. The highest BCUT2D eigenvalue weighted by molar-refractivity contribution is 5.99. The molecule has 9 heteroatoms. The van der Waals surface area contributed by atoms with E-state index in [1.165, 1.54) is 0 Å². The van der Waals surface area contributed by atoms with Gasteiger partial charge in [0.2, 0.25) is 0 Å². The molecule has 3 N–H and O–H groups in total. The second-order valence-electron chi connectivity index (χ2n) is 9.55. The molecule has 0 bridgehead atoms. The van der Waals surface area contributed by atoms with E-state index in [-0.39, 0.29) is 17.4 Å². The topological polar surface area (TPSA) is 122 Å². The number of hydrogen-bond acceptors (Lipinski definition) is 4. The largest absolute Gasteiger partial charge is 0.478 e. The van der Waals surface area contributed by atoms with Crippen LogP contribution in [0.3, 0.4) is 0 Å². The second-order valence-corrected chi connectivity index (χ2v) is 9.55. The molecule has 2 amide bonds. The maximum Gasteiger partial charge on any atom is 0.335 e. The molecule has 4 aromatic rings. The van der Waals surface area contributed by atoms with Crippen molar-refractivity contribution in [3.8, 4) is 0 Å². The van der Waals surface area contributed by atoms with Crippen LogP contribution >= 0.6 is 0 Å². The number of aromatic carboxylic acids is 1. The molecule has 0 spiro atoms. The van der Waals surface area contributed by atoms with Gasteiger partial charge in [-0.25, -0.2) is 4.79 Å². The van der Waals surface area contributed by atoms with Gasteiger partial charge in [-0.05, 0) is 42.7 Å². The van der Waals surface area contributed by atoms with Gasteiger partial charge in [-0.2, -0.15) is 5.10 Å². The van der Waals surface area contributed by atoms with E-state index in [4.69, 9.17) is 0 Å². The molecule has 0 radical (unpaired) electrons. The number of benzene rings is 2. The Morgan fingerprint density at radius 1 is 1.08 bits per heavy atom. The fourth-order valence-corrected chi connectivity index (χ4v) is 5.22. The quantitative estimate of drug-likeness (QED) is 0.401. The van der Waals surface area contributed by atoms with Crippen LogP contribution < -0.4 is 0 Å². The van der Waals surface area contributed by atoms with Gasteiger partial charge in [0.05, 0.1) is 23.3 Å². The third-order valence-electron chi connectivity index (χ3n) is 7.52. The van der Waals surface area contributed by atoms with E-state index in [0.29, 0.717) is 30.9 Å². The lowest BCUT2D eigenvalue weighted by atomic mass is 10.00. The van der Waals surface area contributed by atoms with Crippen molar-refractivity contribution in [2.45, 2.75) is 31.3 Å². The average Bonchev–Trinajstić information content (AvgIpc) is 3.42. The monoisotopic (exact) mass is 483 g/mol. The number of fused-ring (bicyclic) bond motifs is 2. The zero-order chi connectivity index (χ0) is 25.0. The van der Waals surface area contributed by atoms with E-state index in [9.17, 15) is 19.5 Å². The van der Waals surface area contributed by atoms with Crippen molar-refractivity contribution < 1.29 is 19.5 Å². The van der Waals surface area contributed by atoms with Crippen LogP contribution in [0.4, 0.5) is 0 Å². The van der Waals surface area contributed by atoms with Crippen LogP contribution in [0, 0.1) is 0 Å². The maximum absolute atomic E-state index is 13.6. The molecule has 0 unspecified atom stereocenters. The molecule has 2 aromatic heterocycles. The number of carboxylic acid groups (broad SMARTS) is 1. The molecule has 2 aliphatic rings. The highest BCUT2D eigenvalue weighted by Crippen LogP contribution is 2.51. The lowest BCUT2D eigenvalue weighted by molar-refractivity contribution is 0.0678. The number of nitrogens with one attached hydrogen (secondary N) is 2. The van der Waals surface area contributed by atoms with Crippen molar-refractivity contribution in [1.29, 1.82) is 0 Å². The number of rotatable bonds is 5. The number of hydrogen-bond donors (Lipinski definition) is 3. The standard InChI is InChI=1S/C27H25N5O4/c1-31(27(11-12-27)18-8-6-16(7-9-18)26(35)36)25(34)23-19-15-32(13-10-21(19)29-30-23)24(33)22-14-17-4-2-3-5-20(17)28-22/h2-9,14,28H,10-13,15H2,1H3,(H,29,30)(H,35,36). The van der Waals surface area contributed by atoms with Crippen LogP contribution in [0.2, 0.25) is 0 Å². The van der Waals surface area contributed by atoms with E-state index in [2.05, 4.69) is 15.2 Å². The van der Waals surface area contributed by atoms with Crippen LogP contribution in [0.25, 0.3) is 10.9 Å². The summed E-state index contributed by atoms with van der Waals surface area (Å²) in [6.45, 7) is 0.824. The van der Waals surface area contributed by atoms with Gasteiger partial charge in [-0.1, -0.05) is 30.3 Å². The van der Waals surface area contributed by atoms with Gasteiger partial charge < -0.3 is 19.9 Å². The molecule has 0 saturated heterocycles. The van der Waals surface area contributed by atoms with Crippen LogP contribution in [0.15, 0.2) is 54.6 Å². The number of nitrogens with zero attached hydrogens (tertiary/aromatic N) is 3. The Morgan fingerprint density at radius 2 is 1.83 bits per heavy atom. The fourth-order valence-electron chi connectivity index (χ4n) is 5.22. The molecule has 3 heterocycles. The number of amides is 2. The molecular formula is C27H25N5O4. The Balaban J connectivity index is 1.24. The minimum atomic E-state index is -0.980. The number of H-pyrrole nitrogens is 2. The van der Waals surface area contributed by atoms with Gasteiger partial charge in [0, 0.05) is 36.5 Å². The Morgan fingerprint density at radius 3 is 2.53 bits per heavy atom. The predicted octanol–water partition coefficient (Wildman–Crippen LogP) is 3.55. The summed E-state index contributed by atoms with van der Waals surface area (Å²) in [6, 6.07) is 16.3. The number of carbonyl (C=O) groups is 3. The summed E-state index contributed by atoms with van der Waals surface area (Å²) < 4.78 is 0. The zero-order valence-electron chi connectivity index (χ0n) is 19.7. The summed E-state index contributed by atoms with van der Waals surface area (Å²) in [5, 5.41) is 17.5. The Hall–Kier alpha value is -4.40. The van der Waals surface area contributed by atoms with Gasteiger partial charge in [0.15, 0.2) is 0 Å². The molecule has 1 saturated carbocycles. The molecule has 2 aromatic carbocycles. The van der Waals surface area contributed by atoms with Gasteiger partial charge >= 0.3 is 5.97 Å². The minimum Gasteiger partial charge on any atom is -0.478 e. The van der Waals surface area contributed by atoms with Gasteiger partial charge in [-0.3, -0.25) is 14.7 Å². The molecule has 6 rings (SSSR count). The molecule has 9 nitrogen and oxygen atoms in total. The average molecular weight is 484 g/mol. The van der Waals surface area contributed by atoms with Crippen LogP contribution in [-0.2, 0) is 18.5 Å². The van der Waals surface area contributed by atoms with Crippen molar-refractivity contribution >= 4 is 28.7 Å². The second kappa shape index (κ2) is 8.08. The van der Waals surface area contributed by atoms with Gasteiger partial charge in [0.1, 0.15) is 11.4 Å². The number of aromatic amines is 2. The Bertz CT molecular complexity index is 1480. The summed E-state index contributed by atoms with van der Waals surface area (Å²) in [5.74, 6) is -1.28. The third-order valence-corrected chi connectivity index (χ3v) is 7.52. The van der Waals surface area contributed by atoms with E-state index in [1.54, 1.807) is 41.1 Å². The molecule has 182 valence electrons. The Kier molecular flexibility index (Phi) is 4.96. The first-order valence-electron chi connectivity index (χ1n) is 11.9. The minimum absolute atomic E-state index is 0.109. The lowest BCUT2D eigenvalue weighted by Crippen LogP contribution is -2.39. The summed E-state index contributed by atoms with van der Waals surface area (Å²) >= 11 is 0.